The van der Waals surface area contributed by atoms with Crippen LogP contribution < -0.4 is 0 Å². The molecule has 7 heteroatoms. The van der Waals surface area contributed by atoms with Crippen molar-refractivity contribution in [2.45, 2.75) is 0 Å². The molecule has 1 rings (SSSR count). The molecule has 0 heterocycles. The van der Waals surface area contributed by atoms with Crippen molar-refractivity contribution in [2.75, 3.05) is 0 Å². The van der Waals surface area contributed by atoms with Crippen LogP contribution in [0.3, 0.4) is 0 Å². The highest BCUT2D eigenvalue weighted by Crippen LogP contribution is 1.96. The van der Waals surface area contributed by atoms with Crippen LogP contribution in [0.15, 0.2) is 36.4 Å². The van der Waals surface area contributed by atoms with E-state index in [2.05, 4.69) is 0 Å². The second-order valence-corrected chi connectivity index (χ2v) is 2.44. The summed E-state index contributed by atoms with van der Waals surface area (Å²) in [6, 6.07) is 12.0. The standard InChI is InChI=1S/C6H6.N2O4S/c1-2-4-6-5-3-1;3-1(4)7-2(5)6/h1-6H;. The first-order chi connectivity index (χ1) is 6.13. The summed E-state index contributed by atoms with van der Waals surface area (Å²) >= 11 is -0.546. The molecule has 0 aliphatic carbocycles. The molecule has 0 unspecified atom stereocenters. The third-order valence-electron chi connectivity index (χ3n) is 0.800. The van der Waals surface area contributed by atoms with E-state index < -0.39 is 20.8 Å². The van der Waals surface area contributed by atoms with Crippen LogP contribution in [-0.2, 0) is 0 Å². The van der Waals surface area contributed by atoms with Gasteiger partial charge in [-0.15, -0.1) is 0 Å². The Morgan fingerprint density at radius 3 is 1.08 bits per heavy atom. The van der Waals surface area contributed by atoms with Gasteiger partial charge in [0.2, 0.25) is 0 Å². The van der Waals surface area contributed by atoms with Gasteiger partial charge in [0.15, 0.2) is 8.66 Å². The van der Waals surface area contributed by atoms with Crippen molar-refractivity contribution in [1.82, 2.24) is 0 Å². The van der Waals surface area contributed by atoms with Crippen molar-refractivity contribution in [1.29, 1.82) is 0 Å². The van der Waals surface area contributed by atoms with E-state index >= 15 is 0 Å². The fourth-order valence-electron chi connectivity index (χ4n) is 0.439. The minimum absolute atomic E-state index is 0.546. The highest BCUT2D eigenvalue weighted by molar-refractivity contribution is 7.87. The Balaban J connectivity index is 0.000000223. The molecule has 6 nitrogen and oxygen atoms in total. The molecule has 0 spiro atoms. The van der Waals surface area contributed by atoms with Gasteiger partial charge >= 0.3 is 12.1 Å². The van der Waals surface area contributed by atoms with Crippen molar-refractivity contribution in [2.24, 2.45) is 0 Å². The molecule has 0 fully saturated rings. The van der Waals surface area contributed by atoms with Gasteiger partial charge in [-0.05, 0) is 0 Å². The highest BCUT2D eigenvalue weighted by atomic mass is 32.2. The normalized spacial score (nSPS) is 8.00. The van der Waals surface area contributed by atoms with Gasteiger partial charge < -0.3 is 0 Å². The van der Waals surface area contributed by atoms with E-state index in [1.54, 1.807) is 0 Å². The van der Waals surface area contributed by atoms with E-state index in [0.29, 0.717) is 0 Å². The SMILES string of the molecule is O=[N+]([O-])S[N+](=O)[O-].c1ccccc1. The number of rotatable bonds is 2. The molecule has 0 bridgehead atoms. The average molecular weight is 202 g/mol. The van der Waals surface area contributed by atoms with Crippen LogP contribution in [0, 0.1) is 20.2 Å². The molecule has 0 aliphatic rings. The van der Waals surface area contributed by atoms with Crippen LogP contribution in [0.1, 0.15) is 0 Å². The van der Waals surface area contributed by atoms with Gasteiger partial charge in [0, 0.05) is 0 Å². The largest absolute Gasteiger partial charge is 0.628 e. The molecule has 13 heavy (non-hydrogen) atoms. The number of benzene rings is 1. The zero-order chi connectivity index (χ0) is 10.1. The molecule has 0 saturated heterocycles. The minimum atomic E-state index is -1.08. The molecule has 0 N–H and O–H groups in total. The molecule has 1 aromatic carbocycles. The van der Waals surface area contributed by atoms with E-state index in [9.17, 15) is 0 Å². The fraction of sp³-hybridized carbons (Fsp3) is 0. The zero-order valence-electron chi connectivity index (χ0n) is 6.40. The van der Waals surface area contributed by atoms with E-state index in [0.717, 1.165) is 0 Å². The Labute approximate surface area is 78.1 Å². The summed E-state index contributed by atoms with van der Waals surface area (Å²) < 4.78 is -2.17. The molecule has 0 aliphatic heterocycles. The van der Waals surface area contributed by atoms with Gasteiger partial charge in [-0.1, -0.05) is 36.4 Å². The van der Waals surface area contributed by atoms with Gasteiger partial charge in [-0.25, -0.2) is 20.2 Å². The maximum absolute atomic E-state index is 9.14. The van der Waals surface area contributed by atoms with E-state index in [1.165, 1.54) is 0 Å². The highest BCUT2D eigenvalue weighted by Gasteiger charge is 2.14. The fourth-order valence-corrected chi connectivity index (χ4v) is 0.548. The van der Waals surface area contributed by atoms with Crippen LogP contribution >= 0.6 is 12.1 Å². The number of nitrogens with zero attached hydrogens (tertiary/aromatic N) is 2. The third kappa shape index (κ3) is 10.4. The monoisotopic (exact) mass is 202 g/mol. The van der Waals surface area contributed by atoms with Crippen LogP contribution in [0.5, 0.6) is 0 Å². The van der Waals surface area contributed by atoms with Gasteiger partial charge in [0.05, 0.1) is 0 Å². The first-order valence-corrected chi connectivity index (χ1v) is 3.83. The van der Waals surface area contributed by atoms with Crippen molar-refractivity contribution in [3.05, 3.63) is 56.6 Å². The predicted molar refractivity (Wildman–Crippen MR) is 48.0 cm³/mol. The average Bonchev–Trinajstić information content (AvgIpc) is 2.06. The van der Waals surface area contributed by atoms with Gasteiger partial charge in [-0.3, -0.25) is 0 Å². The van der Waals surface area contributed by atoms with Crippen LogP contribution in [0.2, 0.25) is 0 Å². The molecule has 1 aromatic rings. The molecule has 0 radical (unpaired) electrons. The van der Waals surface area contributed by atoms with Gasteiger partial charge in [0.25, 0.3) is 0 Å². The lowest BCUT2D eigenvalue weighted by Crippen LogP contribution is -1.90. The van der Waals surface area contributed by atoms with Gasteiger partial charge in [0.1, 0.15) is 0 Å². The Morgan fingerprint density at radius 2 is 1.00 bits per heavy atom. The lowest BCUT2D eigenvalue weighted by atomic mass is 10.4. The Bertz CT molecular complexity index is 228. The second kappa shape index (κ2) is 7.04. The predicted octanol–water partition coefficient (Wildman–Crippen LogP) is 1.79. The number of hydrogen-bond acceptors (Lipinski definition) is 5. The van der Waals surface area contributed by atoms with Crippen molar-refractivity contribution in [3.8, 4) is 0 Å². The number of hydrogen-bond donors (Lipinski definition) is 0. The Kier molecular flexibility index (Phi) is 6.16. The Morgan fingerprint density at radius 1 is 0.769 bits per heavy atom. The van der Waals surface area contributed by atoms with Crippen LogP contribution in [-0.4, -0.2) is 8.66 Å². The summed E-state index contributed by atoms with van der Waals surface area (Å²) in [7, 11) is 0. The van der Waals surface area contributed by atoms with E-state index in [4.69, 9.17) is 20.2 Å². The molecule has 0 atom stereocenters. The molecule has 0 aromatic heterocycles. The van der Waals surface area contributed by atoms with Crippen molar-refractivity contribution < 1.29 is 8.66 Å². The van der Waals surface area contributed by atoms with Gasteiger partial charge in [-0.2, -0.15) is 0 Å². The maximum atomic E-state index is 9.14. The van der Waals surface area contributed by atoms with Crippen LogP contribution in [0.4, 0.5) is 0 Å². The first-order valence-electron chi connectivity index (χ1n) is 3.10. The summed E-state index contributed by atoms with van der Waals surface area (Å²) in [6.07, 6.45) is 0. The number of nitro groups is 2. The third-order valence-corrected chi connectivity index (χ3v) is 1.07. The van der Waals surface area contributed by atoms with E-state index in [1.807, 2.05) is 36.4 Å². The van der Waals surface area contributed by atoms with Crippen molar-refractivity contribution >= 4 is 12.1 Å². The topological polar surface area (TPSA) is 86.3 Å². The summed E-state index contributed by atoms with van der Waals surface area (Å²) in [5.41, 5.74) is 0. The molecular formula is C6H6N2O4S. The summed E-state index contributed by atoms with van der Waals surface area (Å²) in [6.45, 7) is 0. The quantitative estimate of drug-likeness (QED) is 0.414. The minimum Gasteiger partial charge on any atom is -0.246 e. The Hall–Kier alpha value is -1.63. The lowest BCUT2D eigenvalue weighted by molar-refractivity contribution is -0.389. The lowest BCUT2D eigenvalue weighted by Gasteiger charge is -1.71. The summed E-state index contributed by atoms with van der Waals surface area (Å²) in [4.78, 5) is 18.3. The molecule has 0 amide bonds. The maximum Gasteiger partial charge on any atom is 0.628 e. The first kappa shape index (κ1) is 11.4. The van der Waals surface area contributed by atoms with E-state index in [-0.39, 0.29) is 0 Å². The molecular weight excluding hydrogens is 196 g/mol. The van der Waals surface area contributed by atoms with Crippen molar-refractivity contribution in [3.63, 3.8) is 0 Å². The molecule has 0 saturated carbocycles. The van der Waals surface area contributed by atoms with Crippen LogP contribution in [0.25, 0.3) is 0 Å². The smallest absolute Gasteiger partial charge is 0.246 e. The zero-order valence-corrected chi connectivity index (χ0v) is 7.22. The molecule has 70 valence electrons. The summed E-state index contributed by atoms with van der Waals surface area (Å²) in [5.74, 6) is 0. The second-order valence-electron chi connectivity index (χ2n) is 1.68. The summed E-state index contributed by atoms with van der Waals surface area (Å²) in [5, 5.41) is 18.3.